The molecule has 0 bridgehead atoms. The molecule has 0 saturated carbocycles. The fourth-order valence-corrected chi connectivity index (χ4v) is 1.90. The van der Waals surface area contributed by atoms with Crippen LogP contribution >= 0.6 is 0 Å². The first-order valence-electron chi connectivity index (χ1n) is 6.27. The molecular formula is C15H25NO. The molecule has 96 valence electrons. The van der Waals surface area contributed by atoms with Crippen molar-refractivity contribution in [3.05, 3.63) is 34.9 Å². The number of nitrogens with one attached hydrogen (secondary N) is 1. The van der Waals surface area contributed by atoms with E-state index < -0.39 is 5.60 Å². The summed E-state index contributed by atoms with van der Waals surface area (Å²) >= 11 is 0. The van der Waals surface area contributed by atoms with Gasteiger partial charge in [0.05, 0.1) is 5.60 Å². The van der Waals surface area contributed by atoms with E-state index in [4.69, 9.17) is 0 Å². The standard InChI is InChI=1S/C15H25NO/c1-10-7-8-11(2)14(9-10)12(3)16-13(4)15(5,6)17/h7-9,12-13,16-17H,1-6H3. The molecule has 2 heteroatoms. The zero-order valence-corrected chi connectivity index (χ0v) is 11.8. The maximum absolute atomic E-state index is 9.94. The number of aliphatic hydroxyl groups is 1. The van der Waals surface area contributed by atoms with E-state index in [2.05, 4.69) is 44.3 Å². The van der Waals surface area contributed by atoms with Gasteiger partial charge in [0.1, 0.15) is 0 Å². The van der Waals surface area contributed by atoms with Crippen LogP contribution in [0.3, 0.4) is 0 Å². The number of aryl methyl sites for hydroxylation is 2. The lowest BCUT2D eigenvalue weighted by atomic mass is 9.96. The van der Waals surface area contributed by atoms with Crippen molar-refractivity contribution in [2.45, 2.75) is 59.2 Å². The molecule has 0 radical (unpaired) electrons. The topological polar surface area (TPSA) is 32.3 Å². The van der Waals surface area contributed by atoms with E-state index in [0.29, 0.717) is 0 Å². The van der Waals surface area contributed by atoms with Crippen LogP contribution in [0.2, 0.25) is 0 Å². The molecule has 0 amide bonds. The van der Waals surface area contributed by atoms with Crippen LogP contribution in [0.4, 0.5) is 0 Å². The van der Waals surface area contributed by atoms with Crippen molar-refractivity contribution in [2.75, 3.05) is 0 Å². The van der Waals surface area contributed by atoms with Crippen molar-refractivity contribution in [1.82, 2.24) is 5.32 Å². The summed E-state index contributed by atoms with van der Waals surface area (Å²) in [5.74, 6) is 0. The Morgan fingerprint density at radius 3 is 2.29 bits per heavy atom. The van der Waals surface area contributed by atoms with Gasteiger partial charge < -0.3 is 10.4 Å². The Morgan fingerprint density at radius 1 is 1.18 bits per heavy atom. The van der Waals surface area contributed by atoms with E-state index in [0.717, 1.165) is 0 Å². The van der Waals surface area contributed by atoms with E-state index in [-0.39, 0.29) is 12.1 Å². The first kappa shape index (κ1) is 14.2. The molecule has 0 heterocycles. The Bertz CT molecular complexity index is 379. The second-order valence-corrected chi connectivity index (χ2v) is 5.62. The molecule has 0 fully saturated rings. The summed E-state index contributed by atoms with van der Waals surface area (Å²) in [6.07, 6.45) is 0. The molecule has 17 heavy (non-hydrogen) atoms. The Kier molecular flexibility index (Phi) is 4.34. The van der Waals surface area contributed by atoms with E-state index in [9.17, 15) is 5.11 Å². The van der Waals surface area contributed by atoms with Crippen LogP contribution in [0, 0.1) is 13.8 Å². The highest BCUT2D eigenvalue weighted by Crippen LogP contribution is 2.21. The molecule has 0 aliphatic rings. The van der Waals surface area contributed by atoms with Crippen molar-refractivity contribution in [3.63, 3.8) is 0 Å². The van der Waals surface area contributed by atoms with E-state index in [1.165, 1.54) is 16.7 Å². The summed E-state index contributed by atoms with van der Waals surface area (Å²) in [6.45, 7) is 12.1. The third kappa shape index (κ3) is 3.83. The van der Waals surface area contributed by atoms with Crippen LogP contribution in [0.1, 0.15) is 50.4 Å². The van der Waals surface area contributed by atoms with Gasteiger partial charge in [0.15, 0.2) is 0 Å². The highest BCUT2D eigenvalue weighted by atomic mass is 16.3. The number of hydrogen-bond donors (Lipinski definition) is 2. The minimum Gasteiger partial charge on any atom is -0.389 e. The lowest BCUT2D eigenvalue weighted by Crippen LogP contribution is -2.45. The van der Waals surface area contributed by atoms with Gasteiger partial charge in [-0.2, -0.15) is 0 Å². The molecule has 0 aromatic heterocycles. The minimum atomic E-state index is -0.702. The first-order valence-corrected chi connectivity index (χ1v) is 6.27. The van der Waals surface area contributed by atoms with Gasteiger partial charge in [-0.3, -0.25) is 0 Å². The van der Waals surface area contributed by atoms with E-state index in [1.807, 2.05) is 20.8 Å². The van der Waals surface area contributed by atoms with E-state index in [1.54, 1.807) is 0 Å². The second kappa shape index (κ2) is 5.19. The van der Waals surface area contributed by atoms with Gasteiger partial charge in [-0.25, -0.2) is 0 Å². The third-order valence-corrected chi connectivity index (χ3v) is 3.46. The molecule has 0 saturated heterocycles. The minimum absolute atomic E-state index is 0.0532. The Balaban J connectivity index is 2.83. The molecule has 1 aromatic carbocycles. The van der Waals surface area contributed by atoms with Gasteiger partial charge in [-0.05, 0) is 52.7 Å². The predicted octanol–water partition coefficient (Wildman–Crippen LogP) is 3.11. The summed E-state index contributed by atoms with van der Waals surface area (Å²) in [5, 5.41) is 13.4. The number of hydrogen-bond acceptors (Lipinski definition) is 2. The van der Waals surface area contributed by atoms with Gasteiger partial charge in [-0.15, -0.1) is 0 Å². The number of benzene rings is 1. The Labute approximate surface area is 105 Å². The highest BCUT2D eigenvalue weighted by Gasteiger charge is 2.24. The second-order valence-electron chi connectivity index (χ2n) is 5.62. The van der Waals surface area contributed by atoms with Crippen LogP contribution in [0.5, 0.6) is 0 Å². The zero-order valence-electron chi connectivity index (χ0n) is 11.8. The van der Waals surface area contributed by atoms with Crippen molar-refractivity contribution >= 4 is 0 Å². The fraction of sp³-hybridized carbons (Fsp3) is 0.600. The summed E-state index contributed by atoms with van der Waals surface area (Å²) in [7, 11) is 0. The lowest BCUT2D eigenvalue weighted by Gasteiger charge is -2.30. The maximum Gasteiger partial charge on any atom is 0.0741 e. The summed E-state index contributed by atoms with van der Waals surface area (Å²) < 4.78 is 0. The Hall–Kier alpha value is -0.860. The predicted molar refractivity (Wildman–Crippen MR) is 73.2 cm³/mol. The fourth-order valence-electron chi connectivity index (χ4n) is 1.90. The first-order chi connectivity index (χ1) is 7.71. The van der Waals surface area contributed by atoms with Crippen molar-refractivity contribution in [3.8, 4) is 0 Å². The average molecular weight is 235 g/mol. The Morgan fingerprint density at radius 2 is 1.76 bits per heavy atom. The lowest BCUT2D eigenvalue weighted by molar-refractivity contribution is 0.0405. The van der Waals surface area contributed by atoms with Crippen LogP contribution < -0.4 is 5.32 Å². The van der Waals surface area contributed by atoms with Gasteiger partial charge in [0.2, 0.25) is 0 Å². The van der Waals surface area contributed by atoms with Crippen LogP contribution in [-0.4, -0.2) is 16.7 Å². The van der Waals surface area contributed by atoms with Crippen LogP contribution in [0.15, 0.2) is 18.2 Å². The summed E-state index contributed by atoms with van der Waals surface area (Å²) in [6, 6.07) is 6.79. The SMILES string of the molecule is Cc1ccc(C)c(C(C)NC(C)C(C)(C)O)c1. The van der Waals surface area contributed by atoms with Gasteiger partial charge in [0, 0.05) is 12.1 Å². The molecule has 1 rings (SSSR count). The van der Waals surface area contributed by atoms with Gasteiger partial charge in [0.25, 0.3) is 0 Å². The van der Waals surface area contributed by atoms with E-state index >= 15 is 0 Å². The van der Waals surface area contributed by atoms with Crippen LogP contribution in [0.25, 0.3) is 0 Å². The molecule has 2 nitrogen and oxygen atoms in total. The molecule has 0 aliphatic heterocycles. The smallest absolute Gasteiger partial charge is 0.0741 e. The quantitative estimate of drug-likeness (QED) is 0.840. The van der Waals surface area contributed by atoms with Crippen LogP contribution in [-0.2, 0) is 0 Å². The van der Waals surface area contributed by atoms with Crippen molar-refractivity contribution < 1.29 is 5.11 Å². The number of rotatable bonds is 4. The monoisotopic (exact) mass is 235 g/mol. The summed E-state index contributed by atoms with van der Waals surface area (Å²) in [4.78, 5) is 0. The van der Waals surface area contributed by atoms with Gasteiger partial charge >= 0.3 is 0 Å². The molecule has 1 aromatic rings. The van der Waals surface area contributed by atoms with Gasteiger partial charge in [-0.1, -0.05) is 23.8 Å². The molecule has 2 atom stereocenters. The average Bonchev–Trinajstić information content (AvgIpc) is 2.20. The third-order valence-electron chi connectivity index (χ3n) is 3.46. The molecule has 2 N–H and O–H groups in total. The normalized spacial score (nSPS) is 15.7. The molecule has 0 spiro atoms. The molecule has 2 unspecified atom stereocenters. The van der Waals surface area contributed by atoms with Crippen molar-refractivity contribution in [2.24, 2.45) is 0 Å². The zero-order chi connectivity index (χ0) is 13.2. The highest BCUT2D eigenvalue weighted by molar-refractivity contribution is 5.32. The summed E-state index contributed by atoms with van der Waals surface area (Å²) in [5.41, 5.74) is 3.17. The molecular weight excluding hydrogens is 210 g/mol. The molecule has 0 aliphatic carbocycles. The van der Waals surface area contributed by atoms with Crippen molar-refractivity contribution in [1.29, 1.82) is 0 Å². The maximum atomic E-state index is 9.94. The largest absolute Gasteiger partial charge is 0.389 e.